The molecule has 0 unspecified atom stereocenters. The number of nitrogens with zero attached hydrogens (tertiary/aromatic N) is 4. The van der Waals surface area contributed by atoms with E-state index in [-0.39, 0.29) is 5.69 Å². The molecular formula is C14H12N4O2S. The van der Waals surface area contributed by atoms with Crippen molar-refractivity contribution in [1.29, 1.82) is 5.26 Å². The van der Waals surface area contributed by atoms with E-state index in [0.717, 1.165) is 16.8 Å². The fraction of sp³-hybridized carbons (Fsp3) is 0.214. The van der Waals surface area contributed by atoms with Gasteiger partial charge in [0.05, 0.1) is 16.2 Å². The van der Waals surface area contributed by atoms with Gasteiger partial charge in [0.15, 0.2) is 0 Å². The molecule has 2 rings (SSSR count). The topological polar surface area (TPSA) is 92.7 Å². The Labute approximate surface area is 126 Å². The van der Waals surface area contributed by atoms with E-state index in [9.17, 15) is 15.4 Å². The van der Waals surface area contributed by atoms with E-state index >= 15 is 0 Å². The molecule has 0 atom stereocenters. The van der Waals surface area contributed by atoms with Crippen LogP contribution in [0.5, 0.6) is 0 Å². The van der Waals surface area contributed by atoms with E-state index in [1.165, 1.54) is 23.9 Å². The third-order valence-corrected chi connectivity index (χ3v) is 4.07. The van der Waals surface area contributed by atoms with Crippen LogP contribution in [0, 0.1) is 35.3 Å². The largest absolute Gasteiger partial charge is 0.269 e. The Bertz CT molecular complexity index is 740. The van der Waals surface area contributed by atoms with Crippen molar-refractivity contribution in [2.45, 2.75) is 24.6 Å². The molecule has 0 saturated heterocycles. The van der Waals surface area contributed by atoms with Crippen LogP contribution in [0.4, 0.5) is 5.69 Å². The average Bonchev–Trinajstić information content (AvgIpc) is 2.48. The molecule has 106 valence electrons. The van der Waals surface area contributed by atoms with Gasteiger partial charge in [-0.25, -0.2) is 0 Å². The van der Waals surface area contributed by atoms with Gasteiger partial charge in [0, 0.05) is 17.9 Å². The van der Waals surface area contributed by atoms with E-state index in [4.69, 9.17) is 0 Å². The molecule has 6 nitrogen and oxygen atoms in total. The van der Waals surface area contributed by atoms with Crippen molar-refractivity contribution in [3.8, 4) is 6.07 Å². The molecule has 1 aromatic carbocycles. The maximum absolute atomic E-state index is 10.7. The second kappa shape index (κ2) is 6.33. The normalized spacial score (nSPS) is 10.1. The Kier molecular flexibility index (Phi) is 4.50. The number of aryl methyl sites for hydroxylation is 1. The summed E-state index contributed by atoms with van der Waals surface area (Å²) in [6.45, 7) is 3.64. The summed E-state index contributed by atoms with van der Waals surface area (Å²) in [4.78, 5) is 10.3. The Hall–Kier alpha value is -2.46. The smallest absolute Gasteiger partial charge is 0.258 e. The molecule has 0 radical (unpaired) electrons. The van der Waals surface area contributed by atoms with Gasteiger partial charge in [0.25, 0.3) is 5.69 Å². The lowest BCUT2D eigenvalue weighted by Crippen LogP contribution is -1.99. The lowest BCUT2D eigenvalue weighted by atomic mass is 10.1. The van der Waals surface area contributed by atoms with Crippen LogP contribution in [0.15, 0.2) is 29.3 Å². The van der Waals surface area contributed by atoms with Crippen LogP contribution in [0.2, 0.25) is 0 Å². The van der Waals surface area contributed by atoms with Gasteiger partial charge in [-0.05, 0) is 25.0 Å². The third-order valence-electron chi connectivity index (χ3n) is 3.03. The highest BCUT2D eigenvalue weighted by Crippen LogP contribution is 2.27. The minimum Gasteiger partial charge on any atom is -0.258 e. The number of benzene rings is 1. The van der Waals surface area contributed by atoms with Gasteiger partial charge >= 0.3 is 0 Å². The van der Waals surface area contributed by atoms with Crippen LogP contribution in [0.25, 0.3) is 0 Å². The van der Waals surface area contributed by atoms with Crippen molar-refractivity contribution in [1.82, 2.24) is 10.2 Å². The van der Waals surface area contributed by atoms with Crippen LogP contribution in [-0.4, -0.2) is 15.1 Å². The molecule has 0 aliphatic heterocycles. The molecule has 0 aliphatic carbocycles. The summed E-state index contributed by atoms with van der Waals surface area (Å²) in [5.41, 5.74) is 2.91. The average molecular weight is 300 g/mol. The maximum atomic E-state index is 10.7. The van der Waals surface area contributed by atoms with Crippen LogP contribution < -0.4 is 0 Å². The van der Waals surface area contributed by atoms with Crippen molar-refractivity contribution in [3.63, 3.8) is 0 Å². The molecule has 1 heterocycles. The zero-order valence-corrected chi connectivity index (χ0v) is 12.3. The summed E-state index contributed by atoms with van der Waals surface area (Å²) < 4.78 is 0. The Morgan fingerprint density at radius 2 is 2.14 bits per heavy atom. The molecule has 0 amide bonds. The molecule has 0 spiro atoms. The summed E-state index contributed by atoms with van der Waals surface area (Å²) in [7, 11) is 0. The molecular weight excluding hydrogens is 288 g/mol. The molecule has 0 N–H and O–H groups in total. The first-order valence-corrected chi connectivity index (χ1v) is 7.11. The number of nitriles is 1. The van der Waals surface area contributed by atoms with Gasteiger partial charge in [-0.2, -0.15) is 10.4 Å². The fourth-order valence-corrected chi connectivity index (χ4v) is 2.66. The molecule has 21 heavy (non-hydrogen) atoms. The number of nitro groups is 1. The minimum absolute atomic E-state index is 0.0553. The van der Waals surface area contributed by atoms with Gasteiger partial charge in [-0.3, -0.25) is 10.1 Å². The second-order valence-electron chi connectivity index (χ2n) is 4.42. The lowest BCUT2D eigenvalue weighted by molar-refractivity contribution is -0.384. The highest BCUT2D eigenvalue weighted by Gasteiger charge is 2.12. The van der Waals surface area contributed by atoms with E-state index < -0.39 is 4.92 Å². The number of thioether (sulfide) groups is 1. The standard InChI is InChI=1S/C14H12N4O2S/c1-9-10(2)16-17-14(13(9)7-15)21-8-11-4-3-5-12(6-11)18(19)20/h3-6H,8H2,1-2H3. The zero-order valence-electron chi connectivity index (χ0n) is 11.5. The quantitative estimate of drug-likeness (QED) is 0.489. The highest BCUT2D eigenvalue weighted by atomic mass is 32.2. The van der Waals surface area contributed by atoms with Crippen molar-refractivity contribution < 1.29 is 4.92 Å². The summed E-state index contributed by atoms with van der Waals surface area (Å²) in [5.74, 6) is 0.494. The van der Waals surface area contributed by atoms with Gasteiger partial charge in [-0.15, -0.1) is 5.10 Å². The SMILES string of the molecule is Cc1nnc(SCc2cccc([N+](=O)[O-])c2)c(C#N)c1C. The van der Waals surface area contributed by atoms with Gasteiger partial charge in [0.2, 0.25) is 0 Å². The first kappa shape index (κ1) is 14.9. The molecule has 0 aliphatic rings. The second-order valence-corrected chi connectivity index (χ2v) is 5.38. The molecule has 0 bridgehead atoms. The molecule has 1 aromatic heterocycles. The predicted molar refractivity (Wildman–Crippen MR) is 78.9 cm³/mol. The maximum Gasteiger partial charge on any atom is 0.269 e. The van der Waals surface area contributed by atoms with Gasteiger partial charge < -0.3 is 0 Å². The third kappa shape index (κ3) is 3.35. The number of rotatable bonds is 4. The van der Waals surface area contributed by atoms with Crippen molar-refractivity contribution in [3.05, 3.63) is 56.8 Å². The number of non-ortho nitro benzene ring substituents is 1. The molecule has 0 fully saturated rings. The molecule has 2 aromatic rings. The zero-order chi connectivity index (χ0) is 15.4. The van der Waals surface area contributed by atoms with Gasteiger partial charge in [0.1, 0.15) is 11.1 Å². The van der Waals surface area contributed by atoms with E-state index in [1.807, 2.05) is 6.92 Å². The monoisotopic (exact) mass is 300 g/mol. The Morgan fingerprint density at radius 3 is 2.81 bits per heavy atom. The van der Waals surface area contributed by atoms with Crippen molar-refractivity contribution in [2.75, 3.05) is 0 Å². The Morgan fingerprint density at radius 1 is 1.38 bits per heavy atom. The first-order chi connectivity index (χ1) is 10.0. The van der Waals surface area contributed by atoms with Gasteiger partial charge in [-0.1, -0.05) is 23.9 Å². The number of hydrogen-bond acceptors (Lipinski definition) is 6. The summed E-state index contributed by atoms with van der Waals surface area (Å²) >= 11 is 1.35. The van der Waals surface area contributed by atoms with E-state index in [2.05, 4.69) is 16.3 Å². The first-order valence-electron chi connectivity index (χ1n) is 6.13. The van der Waals surface area contributed by atoms with E-state index in [1.54, 1.807) is 19.1 Å². The Balaban J connectivity index is 2.21. The van der Waals surface area contributed by atoms with Crippen LogP contribution in [0.3, 0.4) is 0 Å². The number of aromatic nitrogens is 2. The van der Waals surface area contributed by atoms with Crippen LogP contribution in [-0.2, 0) is 5.75 Å². The summed E-state index contributed by atoms with van der Waals surface area (Å²) in [6, 6.07) is 8.56. The highest BCUT2D eigenvalue weighted by molar-refractivity contribution is 7.98. The number of nitro benzene ring substituents is 1. The van der Waals surface area contributed by atoms with Crippen LogP contribution in [0.1, 0.15) is 22.4 Å². The van der Waals surface area contributed by atoms with Crippen LogP contribution >= 0.6 is 11.8 Å². The minimum atomic E-state index is -0.426. The summed E-state index contributed by atoms with van der Waals surface area (Å²) in [5, 5.41) is 28.6. The van der Waals surface area contributed by atoms with Crippen molar-refractivity contribution in [2.24, 2.45) is 0 Å². The predicted octanol–water partition coefficient (Wildman–Crippen LogP) is 3.17. The van der Waals surface area contributed by atoms with Crippen molar-refractivity contribution >= 4 is 17.4 Å². The summed E-state index contributed by atoms with van der Waals surface area (Å²) in [6.07, 6.45) is 0. The number of hydrogen-bond donors (Lipinski definition) is 0. The molecule has 0 saturated carbocycles. The lowest BCUT2D eigenvalue weighted by Gasteiger charge is -2.06. The fourth-order valence-electron chi connectivity index (χ4n) is 1.73. The molecule has 7 heteroatoms. The van der Waals surface area contributed by atoms with E-state index in [0.29, 0.717) is 16.3 Å².